The summed E-state index contributed by atoms with van der Waals surface area (Å²) in [5.74, 6) is 0.0167. The van der Waals surface area contributed by atoms with Crippen molar-refractivity contribution in [3.63, 3.8) is 0 Å². The quantitative estimate of drug-likeness (QED) is 0.604. The zero-order valence-electron chi connectivity index (χ0n) is 17.6. The molecule has 1 aromatic carbocycles. The summed E-state index contributed by atoms with van der Waals surface area (Å²) in [7, 11) is 1.66. The number of rotatable bonds is 4. The molecule has 2 fully saturated rings. The Morgan fingerprint density at radius 1 is 1.20 bits per heavy atom. The highest BCUT2D eigenvalue weighted by Gasteiger charge is 2.27. The normalized spacial score (nSPS) is 18.9. The van der Waals surface area contributed by atoms with E-state index in [0.717, 1.165) is 48.8 Å². The Kier molecular flexibility index (Phi) is 5.90. The summed E-state index contributed by atoms with van der Waals surface area (Å²) in [5.41, 5.74) is 3.63. The van der Waals surface area contributed by atoms with E-state index in [-0.39, 0.29) is 11.8 Å². The molecule has 0 spiro atoms. The van der Waals surface area contributed by atoms with Crippen molar-refractivity contribution in [3.05, 3.63) is 41.2 Å². The number of thiocarbonyl (C=S) groups is 1. The fourth-order valence-corrected chi connectivity index (χ4v) is 4.53. The summed E-state index contributed by atoms with van der Waals surface area (Å²) in [5, 5.41) is 4.43. The Balaban J connectivity index is 1.72. The number of nitrogens with zero attached hydrogens (tertiary/aromatic N) is 3. The number of benzene rings is 1. The Labute approximate surface area is 182 Å². The van der Waals surface area contributed by atoms with Gasteiger partial charge in [0.15, 0.2) is 5.11 Å². The van der Waals surface area contributed by atoms with Gasteiger partial charge in [0.2, 0.25) is 5.91 Å². The molecule has 6 nitrogen and oxygen atoms in total. The molecule has 0 bridgehead atoms. The fourth-order valence-electron chi connectivity index (χ4n) is 4.34. The molecule has 0 aliphatic carbocycles. The maximum Gasteiger partial charge on any atom is 0.276 e. The molecular formula is C23H28N4O2S. The number of amides is 2. The zero-order valence-corrected chi connectivity index (χ0v) is 18.4. The highest BCUT2D eigenvalue weighted by atomic mass is 32.1. The second-order valence-corrected chi connectivity index (χ2v) is 8.41. The SMILES string of the molecule is CCc1cccc2c(C=C3NC(=S)N(C)C3=O)cn(CC(=O)N3CCCCCC3)c12. The molecule has 0 atom stereocenters. The molecule has 1 N–H and O–H groups in total. The molecular weight excluding hydrogens is 396 g/mol. The molecule has 30 heavy (non-hydrogen) atoms. The van der Waals surface area contributed by atoms with E-state index >= 15 is 0 Å². The van der Waals surface area contributed by atoms with E-state index in [4.69, 9.17) is 12.2 Å². The van der Waals surface area contributed by atoms with Crippen LogP contribution in [0.15, 0.2) is 30.1 Å². The van der Waals surface area contributed by atoms with Gasteiger partial charge in [0.1, 0.15) is 12.2 Å². The number of carbonyl (C=O) groups is 2. The van der Waals surface area contributed by atoms with Crippen molar-refractivity contribution in [1.82, 2.24) is 19.7 Å². The smallest absolute Gasteiger partial charge is 0.276 e. The number of nitrogens with one attached hydrogen (secondary N) is 1. The average molecular weight is 425 g/mol. The van der Waals surface area contributed by atoms with Gasteiger partial charge in [-0.3, -0.25) is 14.5 Å². The van der Waals surface area contributed by atoms with Crippen molar-refractivity contribution in [1.29, 1.82) is 0 Å². The van der Waals surface area contributed by atoms with Crippen molar-refractivity contribution < 1.29 is 9.59 Å². The number of fused-ring (bicyclic) bond motifs is 1. The maximum absolute atomic E-state index is 13.1. The number of aromatic nitrogens is 1. The van der Waals surface area contributed by atoms with Gasteiger partial charge in [-0.05, 0) is 43.1 Å². The lowest BCUT2D eigenvalue weighted by atomic mass is 10.1. The third-order valence-electron chi connectivity index (χ3n) is 6.04. The van der Waals surface area contributed by atoms with Crippen LogP contribution in [0, 0.1) is 0 Å². The van der Waals surface area contributed by atoms with Crippen LogP contribution in [-0.4, -0.2) is 51.4 Å². The van der Waals surface area contributed by atoms with Gasteiger partial charge in [-0.1, -0.05) is 38.0 Å². The number of carbonyl (C=O) groups excluding carboxylic acids is 2. The molecule has 2 saturated heterocycles. The molecule has 3 heterocycles. The fraction of sp³-hybridized carbons (Fsp3) is 0.435. The number of likely N-dealkylation sites (tertiary alicyclic amines) is 1. The van der Waals surface area contributed by atoms with Gasteiger partial charge >= 0.3 is 0 Å². The largest absolute Gasteiger partial charge is 0.341 e. The second kappa shape index (κ2) is 8.60. The van der Waals surface area contributed by atoms with Gasteiger partial charge in [-0.25, -0.2) is 0 Å². The second-order valence-electron chi connectivity index (χ2n) is 8.03. The zero-order chi connectivity index (χ0) is 21.3. The molecule has 0 saturated carbocycles. The molecule has 4 rings (SSSR count). The molecule has 2 amide bonds. The summed E-state index contributed by atoms with van der Waals surface area (Å²) in [6.45, 7) is 4.13. The van der Waals surface area contributed by atoms with E-state index in [1.54, 1.807) is 7.05 Å². The first-order valence-corrected chi connectivity index (χ1v) is 11.1. The molecule has 1 aromatic heterocycles. The lowest BCUT2D eigenvalue weighted by molar-refractivity contribution is -0.131. The summed E-state index contributed by atoms with van der Waals surface area (Å²) < 4.78 is 2.05. The Morgan fingerprint density at radius 3 is 2.57 bits per heavy atom. The molecule has 7 heteroatoms. The van der Waals surface area contributed by atoms with E-state index < -0.39 is 0 Å². The molecule has 0 radical (unpaired) electrons. The maximum atomic E-state index is 13.1. The average Bonchev–Trinajstić information content (AvgIpc) is 3.06. The number of likely N-dealkylation sites (N-methyl/N-ethyl adjacent to an activating group) is 1. The number of para-hydroxylation sites is 1. The first-order chi connectivity index (χ1) is 14.5. The van der Waals surface area contributed by atoms with Gasteiger partial charge in [0.05, 0.1) is 5.52 Å². The van der Waals surface area contributed by atoms with Crippen LogP contribution in [-0.2, 0) is 22.6 Å². The third-order valence-corrected chi connectivity index (χ3v) is 6.42. The lowest BCUT2D eigenvalue weighted by Crippen LogP contribution is -2.34. The molecule has 2 aromatic rings. The van der Waals surface area contributed by atoms with Crippen LogP contribution >= 0.6 is 12.2 Å². The van der Waals surface area contributed by atoms with E-state index in [1.165, 1.54) is 23.3 Å². The Hall–Kier alpha value is -2.67. The monoisotopic (exact) mass is 424 g/mol. The summed E-state index contributed by atoms with van der Waals surface area (Å²) in [6.07, 6.45) is 9.26. The van der Waals surface area contributed by atoms with E-state index in [9.17, 15) is 9.59 Å². The van der Waals surface area contributed by atoms with Crippen molar-refractivity contribution in [2.24, 2.45) is 0 Å². The van der Waals surface area contributed by atoms with Crippen LogP contribution in [0.4, 0.5) is 0 Å². The Morgan fingerprint density at radius 2 is 1.93 bits per heavy atom. The van der Waals surface area contributed by atoms with Crippen LogP contribution in [0.3, 0.4) is 0 Å². The minimum Gasteiger partial charge on any atom is -0.341 e. The number of hydrogen-bond donors (Lipinski definition) is 1. The van der Waals surface area contributed by atoms with Gasteiger partial charge in [0, 0.05) is 37.3 Å². The molecule has 2 aliphatic rings. The van der Waals surface area contributed by atoms with Crippen LogP contribution in [0.2, 0.25) is 0 Å². The molecule has 2 aliphatic heterocycles. The van der Waals surface area contributed by atoms with Gasteiger partial charge < -0.3 is 14.8 Å². The number of aryl methyl sites for hydroxylation is 1. The van der Waals surface area contributed by atoms with Crippen LogP contribution < -0.4 is 5.32 Å². The van der Waals surface area contributed by atoms with Crippen molar-refractivity contribution in [2.75, 3.05) is 20.1 Å². The first kappa shape index (κ1) is 20.6. The summed E-state index contributed by atoms with van der Waals surface area (Å²) >= 11 is 5.19. The van der Waals surface area contributed by atoms with E-state index in [2.05, 4.69) is 28.9 Å². The van der Waals surface area contributed by atoms with Crippen molar-refractivity contribution in [3.8, 4) is 0 Å². The summed E-state index contributed by atoms with van der Waals surface area (Å²) in [6, 6.07) is 6.19. The summed E-state index contributed by atoms with van der Waals surface area (Å²) in [4.78, 5) is 28.9. The highest BCUT2D eigenvalue weighted by Crippen LogP contribution is 2.28. The van der Waals surface area contributed by atoms with E-state index in [0.29, 0.717) is 17.4 Å². The third kappa shape index (κ3) is 3.86. The molecule has 158 valence electrons. The van der Waals surface area contributed by atoms with Crippen LogP contribution in [0.5, 0.6) is 0 Å². The van der Waals surface area contributed by atoms with E-state index in [1.807, 2.05) is 23.2 Å². The molecule has 0 unspecified atom stereocenters. The standard InChI is InChI=1S/C23H28N4O2S/c1-3-16-9-8-10-18-17(13-19-22(29)25(2)23(30)24-19)14-27(21(16)18)15-20(28)26-11-6-4-5-7-12-26/h8-10,13-14H,3-7,11-12,15H2,1-2H3,(H,24,30). The minimum absolute atomic E-state index is 0.145. The van der Waals surface area contributed by atoms with Crippen molar-refractivity contribution in [2.45, 2.75) is 45.6 Å². The highest BCUT2D eigenvalue weighted by molar-refractivity contribution is 7.80. The lowest BCUT2D eigenvalue weighted by Gasteiger charge is -2.21. The predicted octanol–water partition coefficient (Wildman–Crippen LogP) is 3.29. The van der Waals surface area contributed by atoms with Crippen LogP contribution in [0.25, 0.3) is 17.0 Å². The van der Waals surface area contributed by atoms with Gasteiger partial charge in [-0.2, -0.15) is 0 Å². The van der Waals surface area contributed by atoms with Crippen molar-refractivity contribution >= 4 is 46.1 Å². The minimum atomic E-state index is -0.145. The topological polar surface area (TPSA) is 57.6 Å². The van der Waals surface area contributed by atoms with Gasteiger partial charge in [-0.15, -0.1) is 0 Å². The Bertz CT molecular complexity index is 1030. The predicted molar refractivity (Wildman–Crippen MR) is 123 cm³/mol. The first-order valence-electron chi connectivity index (χ1n) is 10.7. The van der Waals surface area contributed by atoms with Crippen LogP contribution in [0.1, 0.15) is 43.7 Å². The van der Waals surface area contributed by atoms with Gasteiger partial charge in [0.25, 0.3) is 5.91 Å². The number of hydrogen-bond acceptors (Lipinski definition) is 3.